The molecule has 0 spiro atoms. The number of ketones is 1. The SMILES string of the molecule is CCN(CCO)CCC(=O)c1ccco1. The normalized spacial score (nSPS) is 10.9. The van der Waals surface area contributed by atoms with E-state index in [-0.39, 0.29) is 12.4 Å². The summed E-state index contributed by atoms with van der Waals surface area (Å²) in [5.41, 5.74) is 0. The molecule has 0 aromatic carbocycles. The van der Waals surface area contributed by atoms with Crippen LogP contribution in [0.3, 0.4) is 0 Å². The minimum Gasteiger partial charge on any atom is -0.461 e. The molecule has 4 nitrogen and oxygen atoms in total. The van der Waals surface area contributed by atoms with E-state index in [9.17, 15) is 4.79 Å². The maximum Gasteiger partial charge on any atom is 0.199 e. The van der Waals surface area contributed by atoms with Crippen LogP contribution in [-0.2, 0) is 0 Å². The zero-order valence-electron chi connectivity index (χ0n) is 8.98. The number of rotatable bonds is 7. The van der Waals surface area contributed by atoms with Crippen molar-refractivity contribution in [1.82, 2.24) is 4.90 Å². The number of likely N-dealkylation sites (N-methyl/N-ethyl adjacent to an activating group) is 1. The van der Waals surface area contributed by atoms with Crippen molar-refractivity contribution in [3.63, 3.8) is 0 Å². The lowest BCUT2D eigenvalue weighted by molar-refractivity contribution is 0.0932. The fourth-order valence-corrected chi connectivity index (χ4v) is 1.39. The molecule has 0 atom stereocenters. The Morgan fingerprint density at radius 2 is 2.33 bits per heavy atom. The van der Waals surface area contributed by atoms with E-state index >= 15 is 0 Å². The van der Waals surface area contributed by atoms with Crippen LogP contribution in [0.1, 0.15) is 23.9 Å². The third-order valence-corrected chi connectivity index (χ3v) is 2.31. The standard InChI is InChI=1S/C11H17NO3/c1-2-12(7-8-13)6-5-10(14)11-4-3-9-15-11/h3-4,9,13H,2,5-8H2,1H3. The van der Waals surface area contributed by atoms with Gasteiger partial charge in [-0.1, -0.05) is 6.92 Å². The van der Waals surface area contributed by atoms with Crippen LogP contribution >= 0.6 is 0 Å². The molecule has 0 amide bonds. The number of hydrogen-bond donors (Lipinski definition) is 1. The smallest absolute Gasteiger partial charge is 0.199 e. The van der Waals surface area contributed by atoms with Gasteiger partial charge in [0, 0.05) is 19.5 Å². The van der Waals surface area contributed by atoms with E-state index in [1.807, 2.05) is 11.8 Å². The van der Waals surface area contributed by atoms with Crippen LogP contribution < -0.4 is 0 Å². The Hall–Kier alpha value is -1.13. The molecule has 0 aliphatic heterocycles. The highest BCUT2D eigenvalue weighted by Gasteiger charge is 2.10. The van der Waals surface area contributed by atoms with Crippen LogP contribution in [0, 0.1) is 0 Å². The highest BCUT2D eigenvalue weighted by atomic mass is 16.3. The average Bonchev–Trinajstić information content (AvgIpc) is 2.77. The first-order chi connectivity index (χ1) is 7.27. The van der Waals surface area contributed by atoms with E-state index in [0.717, 1.165) is 6.54 Å². The molecular formula is C11H17NO3. The molecule has 0 unspecified atom stereocenters. The van der Waals surface area contributed by atoms with Crippen LogP contribution in [0.25, 0.3) is 0 Å². The van der Waals surface area contributed by atoms with Crippen LogP contribution in [0.5, 0.6) is 0 Å². The molecule has 0 bridgehead atoms. The Morgan fingerprint density at radius 3 is 2.87 bits per heavy atom. The number of aliphatic hydroxyl groups is 1. The quantitative estimate of drug-likeness (QED) is 0.688. The molecule has 15 heavy (non-hydrogen) atoms. The number of hydrogen-bond acceptors (Lipinski definition) is 4. The van der Waals surface area contributed by atoms with Gasteiger partial charge >= 0.3 is 0 Å². The summed E-state index contributed by atoms with van der Waals surface area (Å²) >= 11 is 0. The van der Waals surface area contributed by atoms with Gasteiger partial charge in [-0.2, -0.15) is 0 Å². The summed E-state index contributed by atoms with van der Waals surface area (Å²) in [4.78, 5) is 13.6. The lowest BCUT2D eigenvalue weighted by atomic mass is 10.2. The molecular weight excluding hydrogens is 194 g/mol. The van der Waals surface area contributed by atoms with Gasteiger partial charge in [0.2, 0.25) is 0 Å². The second-order valence-electron chi connectivity index (χ2n) is 3.31. The summed E-state index contributed by atoms with van der Waals surface area (Å²) < 4.78 is 5.00. The summed E-state index contributed by atoms with van der Waals surface area (Å²) in [6.45, 7) is 4.25. The molecule has 1 rings (SSSR count). The number of carbonyl (C=O) groups is 1. The summed E-state index contributed by atoms with van der Waals surface area (Å²) in [6.07, 6.45) is 1.93. The molecule has 0 saturated heterocycles. The average molecular weight is 211 g/mol. The van der Waals surface area contributed by atoms with Gasteiger partial charge in [-0.3, -0.25) is 4.79 Å². The van der Waals surface area contributed by atoms with Crippen molar-refractivity contribution in [1.29, 1.82) is 0 Å². The molecule has 1 N–H and O–H groups in total. The summed E-state index contributed by atoms with van der Waals surface area (Å²) in [5.74, 6) is 0.423. The Labute approximate surface area is 89.5 Å². The van der Waals surface area contributed by atoms with E-state index in [4.69, 9.17) is 9.52 Å². The highest BCUT2D eigenvalue weighted by Crippen LogP contribution is 2.04. The fraction of sp³-hybridized carbons (Fsp3) is 0.545. The molecule has 4 heteroatoms. The van der Waals surface area contributed by atoms with Gasteiger partial charge in [0.05, 0.1) is 12.9 Å². The monoisotopic (exact) mass is 211 g/mol. The van der Waals surface area contributed by atoms with E-state index in [2.05, 4.69) is 0 Å². The van der Waals surface area contributed by atoms with Gasteiger partial charge in [0.1, 0.15) is 0 Å². The van der Waals surface area contributed by atoms with E-state index in [0.29, 0.717) is 25.3 Å². The van der Waals surface area contributed by atoms with Crippen molar-refractivity contribution >= 4 is 5.78 Å². The largest absolute Gasteiger partial charge is 0.461 e. The summed E-state index contributed by atoms with van der Waals surface area (Å²) in [6, 6.07) is 3.38. The highest BCUT2D eigenvalue weighted by molar-refractivity contribution is 5.93. The van der Waals surface area contributed by atoms with Crippen LogP contribution in [-0.4, -0.2) is 42.0 Å². The Balaban J connectivity index is 2.33. The van der Waals surface area contributed by atoms with Gasteiger partial charge in [-0.15, -0.1) is 0 Å². The van der Waals surface area contributed by atoms with Crippen LogP contribution in [0.15, 0.2) is 22.8 Å². The van der Waals surface area contributed by atoms with Gasteiger partial charge in [0.15, 0.2) is 11.5 Å². The first-order valence-electron chi connectivity index (χ1n) is 5.17. The fourth-order valence-electron chi connectivity index (χ4n) is 1.39. The second-order valence-corrected chi connectivity index (χ2v) is 3.31. The lowest BCUT2D eigenvalue weighted by Crippen LogP contribution is -2.29. The van der Waals surface area contributed by atoms with Gasteiger partial charge in [-0.05, 0) is 18.7 Å². The van der Waals surface area contributed by atoms with Crippen molar-refractivity contribution < 1.29 is 14.3 Å². The first-order valence-corrected chi connectivity index (χ1v) is 5.17. The lowest BCUT2D eigenvalue weighted by Gasteiger charge is -2.17. The predicted molar refractivity (Wildman–Crippen MR) is 56.9 cm³/mol. The van der Waals surface area contributed by atoms with Crippen LogP contribution in [0.2, 0.25) is 0 Å². The third-order valence-electron chi connectivity index (χ3n) is 2.31. The van der Waals surface area contributed by atoms with E-state index in [1.54, 1.807) is 12.1 Å². The number of Topliss-reactive ketones (excluding diaryl/α,β-unsaturated/α-hetero) is 1. The van der Waals surface area contributed by atoms with E-state index < -0.39 is 0 Å². The maximum absolute atomic E-state index is 11.5. The van der Waals surface area contributed by atoms with Gasteiger partial charge in [0.25, 0.3) is 0 Å². The number of carbonyl (C=O) groups excluding carboxylic acids is 1. The molecule has 84 valence electrons. The molecule has 1 aromatic heterocycles. The zero-order valence-corrected chi connectivity index (χ0v) is 8.98. The number of nitrogens with zero attached hydrogens (tertiary/aromatic N) is 1. The van der Waals surface area contributed by atoms with Crippen LogP contribution in [0.4, 0.5) is 0 Å². The maximum atomic E-state index is 11.5. The molecule has 0 aliphatic carbocycles. The molecule has 0 saturated carbocycles. The molecule has 0 aliphatic rings. The molecule has 0 radical (unpaired) electrons. The molecule has 1 aromatic rings. The molecule has 0 fully saturated rings. The Kier molecular flexibility index (Phi) is 5.07. The van der Waals surface area contributed by atoms with E-state index in [1.165, 1.54) is 6.26 Å². The first kappa shape index (κ1) is 11.9. The Bertz CT molecular complexity index is 282. The zero-order chi connectivity index (χ0) is 11.1. The van der Waals surface area contributed by atoms with Crippen molar-refractivity contribution in [3.05, 3.63) is 24.2 Å². The minimum atomic E-state index is 0.0105. The predicted octanol–water partition coefficient (Wildman–Crippen LogP) is 1.17. The Morgan fingerprint density at radius 1 is 1.53 bits per heavy atom. The minimum absolute atomic E-state index is 0.0105. The van der Waals surface area contributed by atoms with Crippen molar-refractivity contribution in [2.24, 2.45) is 0 Å². The van der Waals surface area contributed by atoms with Crippen molar-refractivity contribution in [3.8, 4) is 0 Å². The molecule has 1 heterocycles. The van der Waals surface area contributed by atoms with Gasteiger partial charge in [-0.25, -0.2) is 0 Å². The second kappa shape index (κ2) is 6.37. The van der Waals surface area contributed by atoms with Crippen molar-refractivity contribution in [2.45, 2.75) is 13.3 Å². The number of furan rings is 1. The van der Waals surface area contributed by atoms with Gasteiger partial charge < -0.3 is 14.4 Å². The van der Waals surface area contributed by atoms with Crippen molar-refractivity contribution in [2.75, 3.05) is 26.2 Å². The number of aliphatic hydroxyl groups excluding tert-OH is 1. The third kappa shape index (κ3) is 3.85. The topological polar surface area (TPSA) is 53.7 Å². The summed E-state index contributed by atoms with van der Waals surface area (Å²) in [5, 5.41) is 8.77. The summed E-state index contributed by atoms with van der Waals surface area (Å²) in [7, 11) is 0.